The smallest absolute Gasteiger partial charge is 0.284 e. The maximum atomic E-state index is 12.3. The molecular weight excluding hydrogens is 432 g/mol. The summed E-state index contributed by atoms with van der Waals surface area (Å²) in [6.07, 6.45) is 2.51. The third-order valence-corrected chi connectivity index (χ3v) is 5.27. The van der Waals surface area contributed by atoms with Gasteiger partial charge in [0.15, 0.2) is 18.1 Å². The summed E-state index contributed by atoms with van der Waals surface area (Å²) < 4.78 is 35.6. The number of hydrogen-bond acceptors (Lipinski definition) is 9. The molecule has 0 aromatic heterocycles. The summed E-state index contributed by atoms with van der Waals surface area (Å²) >= 11 is 0. The van der Waals surface area contributed by atoms with Gasteiger partial charge in [-0.2, -0.15) is 13.5 Å². The van der Waals surface area contributed by atoms with Gasteiger partial charge in [0.1, 0.15) is 0 Å². The molecule has 0 radical (unpaired) electrons. The van der Waals surface area contributed by atoms with Crippen LogP contribution in [-0.2, 0) is 10.0 Å². The average Bonchev–Trinajstić information content (AvgIpc) is 2.73. The van der Waals surface area contributed by atoms with E-state index in [1.165, 1.54) is 36.6 Å². The summed E-state index contributed by atoms with van der Waals surface area (Å²) in [5, 5.41) is 25.5. The van der Waals surface area contributed by atoms with Crippen molar-refractivity contribution in [2.45, 2.75) is 11.8 Å². The Balaban J connectivity index is 1.88. The normalized spacial score (nSPS) is 13.1. The molecule has 0 spiro atoms. The third-order valence-electron chi connectivity index (χ3n) is 4.05. The molecule has 0 saturated carbocycles. The molecule has 0 amide bonds. The second kappa shape index (κ2) is 8.79. The number of ether oxygens (including phenoxy) is 2. The van der Waals surface area contributed by atoms with Gasteiger partial charge in [0.2, 0.25) is 0 Å². The minimum Gasteiger partial charge on any atom is -0.490 e. The maximum Gasteiger partial charge on any atom is 0.284 e. The fraction of sp³-hybridized carbons (Fsp3) is 0.167. The molecule has 0 saturated heterocycles. The van der Waals surface area contributed by atoms with Crippen LogP contribution >= 0.6 is 0 Å². The Hall–Kier alpha value is -4.00. The number of nitrogens with one attached hydrogen (secondary N) is 1. The van der Waals surface area contributed by atoms with E-state index in [4.69, 9.17) is 9.47 Å². The molecule has 2 aromatic carbocycles. The van der Waals surface area contributed by atoms with Gasteiger partial charge in [-0.25, -0.2) is 4.83 Å². The summed E-state index contributed by atoms with van der Waals surface area (Å²) in [5.41, 5.74) is 0.243. The molecule has 1 aliphatic rings. The standard InChI is InChI=1S/C18H16N4O8S/c1-2-29-17-7-12(6-13-8-15(22(25)26)11-30-18(13)17)10-19-20-31(27,28)16-5-3-4-14(9-16)21(23)24/h3-10,20H,2,11H2,1H3. The number of rotatable bonds is 8. The summed E-state index contributed by atoms with van der Waals surface area (Å²) in [7, 11) is -4.15. The van der Waals surface area contributed by atoms with E-state index in [0.29, 0.717) is 29.2 Å². The quantitative estimate of drug-likeness (QED) is 0.365. The molecule has 1 aliphatic heterocycles. The number of nitrogens with zero attached hydrogens (tertiary/aromatic N) is 3. The summed E-state index contributed by atoms with van der Waals surface area (Å²) in [5.74, 6) is 0.656. The predicted octanol–water partition coefficient (Wildman–Crippen LogP) is 2.32. The van der Waals surface area contributed by atoms with E-state index in [0.717, 1.165) is 6.07 Å². The van der Waals surface area contributed by atoms with Crippen molar-refractivity contribution in [2.75, 3.05) is 13.2 Å². The molecule has 0 fully saturated rings. The number of sulfonamides is 1. The van der Waals surface area contributed by atoms with Crippen LogP contribution in [0.15, 0.2) is 52.1 Å². The lowest BCUT2D eigenvalue weighted by molar-refractivity contribution is -0.427. The number of nitro groups is 2. The topological polar surface area (TPSA) is 163 Å². The van der Waals surface area contributed by atoms with Crippen molar-refractivity contribution in [3.8, 4) is 11.5 Å². The van der Waals surface area contributed by atoms with Crippen molar-refractivity contribution >= 4 is 28.0 Å². The SMILES string of the molecule is CCOc1cc(C=NNS(=O)(=O)c2cccc([N+](=O)[O-])c2)cc2c1OCC([N+](=O)[O-])=C2. The third kappa shape index (κ3) is 4.95. The van der Waals surface area contributed by atoms with E-state index in [9.17, 15) is 28.6 Å². The van der Waals surface area contributed by atoms with Gasteiger partial charge in [-0.3, -0.25) is 20.2 Å². The van der Waals surface area contributed by atoms with Crippen molar-refractivity contribution in [3.63, 3.8) is 0 Å². The van der Waals surface area contributed by atoms with Gasteiger partial charge in [0.05, 0.1) is 27.6 Å². The highest BCUT2D eigenvalue weighted by Crippen LogP contribution is 2.37. The highest BCUT2D eigenvalue weighted by Gasteiger charge is 2.23. The first-order valence-corrected chi connectivity index (χ1v) is 10.3. The fourth-order valence-corrected chi connectivity index (χ4v) is 3.54. The van der Waals surface area contributed by atoms with Gasteiger partial charge < -0.3 is 9.47 Å². The molecule has 0 unspecified atom stereocenters. The number of non-ortho nitro benzene ring substituents is 1. The van der Waals surface area contributed by atoms with E-state index in [-0.39, 0.29) is 22.9 Å². The first-order chi connectivity index (χ1) is 14.7. The highest BCUT2D eigenvalue weighted by molar-refractivity contribution is 7.89. The number of hydrogen-bond donors (Lipinski definition) is 1. The van der Waals surface area contributed by atoms with Crippen LogP contribution in [0.2, 0.25) is 0 Å². The van der Waals surface area contributed by atoms with Crippen molar-refractivity contribution in [1.82, 2.24) is 4.83 Å². The second-order valence-electron chi connectivity index (χ2n) is 6.16. The largest absolute Gasteiger partial charge is 0.490 e. The van der Waals surface area contributed by atoms with Crippen LogP contribution < -0.4 is 14.3 Å². The van der Waals surface area contributed by atoms with Crippen molar-refractivity contribution in [1.29, 1.82) is 0 Å². The Morgan fingerprint density at radius 1 is 1.23 bits per heavy atom. The van der Waals surface area contributed by atoms with Gasteiger partial charge in [0.25, 0.3) is 21.4 Å². The van der Waals surface area contributed by atoms with Crippen LogP contribution in [0.5, 0.6) is 11.5 Å². The van der Waals surface area contributed by atoms with Gasteiger partial charge >= 0.3 is 0 Å². The van der Waals surface area contributed by atoms with E-state index in [1.54, 1.807) is 13.0 Å². The minimum absolute atomic E-state index is 0.143. The lowest BCUT2D eigenvalue weighted by Crippen LogP contribution is -2.18. The number of benzene rings is 2. The molecule has 12 nitrogen and oxygen atoms in total. The van der Waals surface area contributed by atoms with E-state index in [2.05, 4.69) is 5.10 Å². The van der Waals surface area contributed by atoms with Crippen LogP contribution in [0.1, 0.15) is 18.1 Å². The summed E-state index contributed by atoms with van der Waals surface area (Å²) in [4.78, 5) is 22.2. The van der Waals surface area contributed by atoms with Crippen molar-refractivity contribution < 1.29 is 27.7 Å². The number of fused-ring (bicyclic) bond motifs is 1. The van der Waals surface area contributed by atoms with Crippen molar-refractivity contribution in [3.05, 3.63) is 73.5 Å². The van der Waals surface area contributed by atoms with Crippen LogP contribution in [0.4, 0.5) is 5.69 Å². The van der Waals surface area contributed by atoms with E-state index >= 15 is 0 Å². The van der Waals surface area contributed by atoms with Crippen LogP contribution in [0.3, 0.4) is 0 Å². The van der Waals surface area contributed by atoms with Crippen molar-refractivity contribution in [2.24, 2.45) is 5.10 Å². The average molecular weight is 448 g/mol. The fourth-order valence-electron chi connectivity index (χ4n) is 2.70. The lowest BCUT2D eigenvalue weighted by Gasteiger charge is -2.18. The zero-order valence-electron chi connectivity index (χ0n) is 16.0. The first-order valence-electron chi connectivity index (χ1n) is 8.79. The Morgan fingerprint density at radius 2 is 2.00 bits per heavy atom. The molecule has 2 aromatic rings. The maximum absolute atomic E-state index is 12.3. The van der Waals surface area contributed by atoms with Gasteiger partial charge in [-0.05, 0) is 30.7 Å². The first kappa shape index (κ1) is 21.7. The predicted molar refractivity (Wildman–Crippen MR) is 109 cm³/mol. The summed E-state index contributed by atoms with van der Waals surface area (Å²) in [6.45, 7) is 1.85. The Kier molecular flexibility index (Phi) is 6.15. The van der Waals surface area contributed by atoms with Gasteiger partial charge in [0, 0.05) is 23.8 Å². The van der Waals surface area contributed by atoms with Crippen LogP contribution in [0, 0.1) is 20.2 Å². The zero-order chi connectivity index (χ0) is 22.6. The van der Waals surface area contributed by atoms with Crippen LogP contribution in [0.25, 0.3) is 6.08 Å². The molecule has 0 atom stereocenters. The Morgan fingerprint density at radius 3 is 2.68 bits per heavy atom. The molecule has 3 rings (SSSR count). The summed E-state index contributed by atoms with van der Waals surface area (Å²) in [6, 6.07) is 7.57. The molecule has 0 bridgehead atoms. The molecule has 1 N–H and O–H groups in total. The lowest BCUT2D eigenvalue weighted by atomic mass is 10.1. The van der Waals surface area contributed by atoms with E-state index < -0.39 is 19.9 Å². The highest BCUT2D eigenvalue weighted by atomic mass is 32.2. The van der Waals surface area contributed by atoms with Gasteiger partial charge in [-0.15, -0.1) is 0 Å². The molecule has 0 aliphatic carbocycles. The molecular formula is C18H16N4O8S. The molecule has 162 valence electrons. The minimum atomic E-state index is -4.15. The van der Waals surface area contributed by atoms with Crippen LogP contribution in [-0.4, -0.2) is 37.7 Å². The second-order valence-corrected chi connectivity index (χ2v) is 7.82. The monoisotopic (exact) mass is 448 g/mol. The Bertz CT molecular complexity index is 1210. The molecule has 13 heteroatoms. The number of nitro benzene ring substituents is 1. The van der Waals surface area contributed by atoms with Gasteiger partial charge in [-0.1, -0.05) is 6.07 Å². The van der Waals surface area contributed by atoms with E-state index in [1.807, 2.05) is 4.83 Å². The number of hydrazone groups is 1. The molecule has 1 heterocycles. The zero-order valence-corrected chi connectivity index (χ0v) is 16.9. The molecule has 31 heavy (non-hydrogen) atoms. The Labute approximate surface area is 176 Å².